The highest BCUT2D eigenvalue weighted by atomic mass is 31.2. The van der Waals surface area contributed by atoms with Crippen molar-refractivity contribution in [3.8, 4) is 0 Å². The molecule has 2 N–H and O–H groups in total. The Morgan fingerprint density at radius 1 is 0.618 bits per heavy atom. The number of likely N-dealkylation sites (N-methyl/N-ethyl adjacent to an activating group) is 1. The normalized spacial score (nSPS) is 14.5. The van der Waals surface area contributed by atoms with Crippen molar-refractivity contribution in [2.24, 2.45) is 0 Å². The Morgan fingerprint density at radius 2 is 1.00 bits per heavy atom. The van der Waals surface area contributed by atoms with Crippen molar-refractivity contribution in [1.29, 1.82) is 0 Å². The van der Waals surface area contributed by atoms with Crippen LogP contribution in [-0.2, 0) is 18.4 Å². The summed E-state index contributed by atoms with van der Waals surface area (Å²) < 4.78 is 23.3. The molecule has 326 valence electrons. The highest BCUT2D eigenvalue weighted by molar-refractivity contribution is 7.45. The van der Waals surface area contributed by atoms with Crippen molar-refractivity contribution >= 4 is 13.7 Å². The molecule has 0 aromatic heterocycles. The smallest absolute Gasteiger partial charge is 0.268 e. The van der Waals surface area contributed by atoms with Crippen molar-refractivity contribution in [3.63, 3.8) is 0 Å². The Kier molecular flexibility index (Phi) is 37.8. The van der Waals surface area contributed by atoms with Crippen LogP contribution in [0.3, 0.4) is 0 Å². The highest BCUT2D eigenvalue weighted by Gasteiger charge is 2.24. The zero-order valence-corrected chi connectivity index (χ0v) is 37.8. The third-order valence-corrected chi connectivity index (χ3v) is 11.4. The number of carbonyl (C=O) groups is 1. The Balaban J connectivity index is 4.34. The average molecular weight is 799 g/mol. The first-order valence-corrected chi connectivity index (χ1v) is 24.6. The van der Waals surface area contributed by atoms with Gasteiger partial charge in [0.1, 0.15) is 13.2 Å². The van der Waals surface area contributed by atoms with Crippen LogP contribution in [0, 0.1) is 0 Å². The molecule has 55 heavy (non-hydrogen) atoms. The average Bonchev–Trinajstić information content (AvgIpc) is 3.13. The van der Waals surface area contributed by atoms with E-state index in [-0.39, 0.29) is 19.1 Å². The third-order valence-electron chi connectivity index (χ3n) is 10.4. The summed E-state index contributed by atoms with van der Waals surface area (Å²) in [5.41, 5.74) is 0. The summed E-state index contributed by atoms with van der Waals surface area (Å²) in [4.78, 5) is 25.3. The van der Waals surface area contributed by atoms with Crippen LogP contribution in [0.5, 0.6) is 0 Å². The number of rotatable bonds is 42. The van der Waals surface area contributed by atoms with E-state index in [9.17, 15) is 19.4 Å². The molecule has 1 amide bonds. The predicted molar refractivity (Wildman–Crippen MR) is 233 cm³/mol. The lowest BCUT2D eigenvalue weighted by atomic mass is 10.0. The van der Waals surface area contributed by atoms with Crippen LogP contribution in [-0.4, -0.2) is 68.5 Å². The molecular formula is C46H91N2O6P. The number of nitrogens with zero attached hydrogens (tertiary/aromatic N) is 1. The molecule has 0 radical (unpaired) electrons. The minimum atomic E-state index is -4.57. The van der Waals surface area contributed by atoms with E-state index in [0.717, 1.165) is 44.9 Å². The molecule has 0 bridgehead atoms. The lowest BCUT2D eigenvalue weighted by Gasteiger charge is -2.30. The second-order valence-corrected chi connectivity index (χ2v) is 18.5. The van der Waals surface area contributed by atoms with Gasteiger partial charge in [-0.1, -0.05) is 167 Å². The summed E-state index contributed by atoms with van der Waals surface area (Å²) >= 11 is 0. The summed E-state index contributed by atoms with van der Waals surface area (Å²) in [6, 6.07) is -0.815. The minimum absolute atomic E-state index is 0.00736. The number of quaternary nitrogens is 1. The number of amides is 1. The van der Waals surface area contributed by atoms with E-state index in [1.54, 1.807) is 0 Å². The molecule has 0 aromatic rings. The maximum absolute atomic E-state index is 12.9. The van der Waals surface area contributed by atoms with E-state index >= 15 is 0 Å². The van der Waals surface area contributed by atoms with E-state index in [1.165, 1.54) is 141 Å². The van der Waals surface area contributed by atoms with E-state index in [1.807, 2.05) is 21.1 Å². The van der Waals surface area contributed by atoms with Crippen LogP contribution in [0.4, 0.5) is 0 Å². The Bertz CT molecular complexity index is 953. The summed E-state index contributed by atoms with van der Waals surface area (Å²) in [5, 5.41) is 13.9. The molecule has 0 aliphatic heterocycles. The molecule has 1 unspecified atom stereocenters. The first kappa shape index (κ1) is 54.0. The lowest BCUT2D eigenvalue weighted by Crippen LogP contribution is -2.46. The van der Waals surface area contributed by atoms with E-state index in [4.69, 9.17) is 9.05 Å². The van der Waals surface area contributed by atoms with Crippen molar-refractivity contribution in [2.45, 2.75) is 225 Å². The van der Waals surface area contributed by atoms with Gasteiger partial charge in [0.25, 0.3) is 7.82 Å². The molecule has 0 heterocycles. The first-order valence-electron chi connectivity index (χ1n) is 23.2. The van der Waals surface area contributed by atoms with Gasteiger partial charge in [0.2, 0.25) is 5.91 Å². The van der Waals surface area contributed by atoms with Crippen molar-refractivity contribution < 1.29 is 32.9 Å². The van der Waals surface area contributed by atoms with Gasteiger partial charge in [0.15, 0.2) is 0 Å². The van der Waals surface area contributed by atoms with Gasteiger partial charge in [-0.25, -0.2) is 0 Å². The van der Waals surface area contributed by atoms with Gasteiger partial charge in [-0.05, 0) is 64.2 Å². The number of unbranched alkanes of at least 4 members (excludes halogenated alkanes) is 25. The molecule has 8 nitrogen and oxygen atoms in total. The van der Waals surface area contributed by atoms with Crippen LogP contribution in [0.2, 0.25) is 0 Å². The van der Waals surface area contributed by atoms with Crippen molar-refractivity contribution in [2.75, 3.05) is 40.9 Å². The number of aliphatic hydroxyl groups is 1. The number of hydrogen-bond acceptors (Lipinski definition) is 6. The zero-order chi connectivity index (χ0) is 40.7. The summed E-state index contributed by atoms with van der Waals surface area (Å²) in [6.45, 7) is 4.69. The molecule has 9 heteroatoms. The minimum Gasteiger partial charge on any atom is -0.756 e. The van der Waals surface area contributed by atoms with Gasteiger partial charge < -0.3 is 28.8 Å². The van der Waals surface area contributed by atoms with Gasteiger partial charge in [0.05, 0.1) is 39.9 Å². The lowest BCUT2D eigenvalue weighted by molar-refractivity contribution is -0.870. The molecule has 0 spiro atoms. The molecule has 3 atom stereocenters. The molecular weight excluding hydrogens is 707 g/mol. The number of nitrogens with one attached hydrogen (secondary N) is 1. The fraction of sp³-hybridized carbons (Fsp3) is 0.891. The van der Waals surface area contributed by atoms with Crippen LogP contribution in [0.1, 0.15) is 213 Å². The van der Waals surface area contributed by atoms with Gasteiger partial charge in [-0.2, -0.15) is 0 Å². The van der Waals surface area contributed by atoms with Gasteiger partial charge in [-0.3, -0.25) is 9.36 Å². The number of phosphoric acid groups is 1. The summed E-state index contributed by atoms with van der Waals surface area (Å²) in [7, 11) is 1.29. The van der Waals surface area contributed by atoms with E-state index in [2.05, 4.69) is 43.5 Å². The van der Waals surface area contributed by atoms with Crippen molar-refractivity contribution in [3.05, 3.63) is 24.3 Å². The van der Waals surface area contributed by atoms with Gasteiger partial charge in [-0.15, -0.1) is 0 Å². The Hall–Kier alpha value is -1.02. The first-order chi connectivity index (χ1) is 26.5. The number of phosphoric ester groups is 1. The quantitative estimate of drug-likeness (QED) is 0.0276. The van der Waals surface area contributed by atoms with Crippen molar-refractivity contribution in [1.82, 2.24) is 5.32 Å². The largest absolute Gasteiger partial charge is 0.756 e. The maximum Gasteiger partial charge on any atom is 0.268 e. The Morgan fingerprint density at radius 3 is 1.42 bits per heavy atom. The van der Waals surface area contributed by atoms with Gasteiger partial charge in [0, 0.05) is 6.42 Å². The number of carbonyl (C=O) groups excluding carboxylic acids is 1. The molecule has 0 saturated carbocycles. The van der Waals surface area contributed by atoms with Crippen LogP contribution in [0.25, 0.3) is 0 Å². The van der Waals surface area contributed by atoms with Crippen LogP contribution >= 0.6 is 7.82 Å². The summed E-state index contributed by atoms with van der Waals surface area (Å²) in [6.07, 6.45) is 44.7. The fourth-order valence-corrected chi connectivity index (χ4v) is 7.40. The zero-order valence-electron chi connectivity index (χ0n) is 36.9. The monoisotopic (exact) mass is 799 g/mol. The molecule has 0 saturated heterocycles. The molecule has 0 fully saturated rings. The Labute approximate surface area is 341 Å². The number of aliphatic hydroxyl groups excluding tert-OH is 1. The molecule has 0 rings (SSSR count). The SMILES string of the molecule is CCCCCCCC/C=C/CCCCCCCCCCCC(=O)N[C@@H](COP(=O)([O-])OCC[N+](C)(C)C)[C@H](O)CCCC/C=C/CCCCCCCCCC. The predicted octanol–water partition coefficient (Wildman–Crippen LogP) is 12.3. The molecule has 0 aliphatic rings. The second kappa shape index (κ2) is 38.5. The molecule has 0 aliphatic carbocycles. The van der Waals surface area contributed by atoms with Gasteiger partial charge >= 0.3 is 0 Å². The maximum atomic E-state index is 12.9. The number of hydrogen-bond donors (Lipinski definition) is 2. The molecule has 0 aromatic carbocycles. The topological polar surface area (TPSA) is 108 Å². The van der Waals surface area contributed by atoms with Crippen LogP contribution in [0.15, 0.2) is 24.3 Å². The van der Waals surface area contributed by atoms with Crippen LogP contribution < -0.4 is 10.2 Å². The standard InChI is InChI=1S/C46H91N2O6P/c1-6-8-10-12-14-16-18-20-22-23-24-25-26-28-30-32-34-36-38-40-46(50)47-44(43-54-55(51,52)53-42-41-48(3,4)5)45(49)39-37-35-33-31-29-27-21-19-17-15-13-11-9-7-2/h20,22,29,31,44-45,49H,6-19,21,23-28,30,32-43H2,1-5H3,(H-,47,50,51,52)/b22-20+,31-29+/t44-,45+/m0/s1. The number of allylic oxidation sites excluding steroid dienone is 4. The summed E-state index contributed by atoms with van der Waals surface area (Å²) in [5.74, 6) is -0.177. The second-order valence-electron chi connectivity index (χ2n) is 17.1. The third kappa shape index (κ3) is 41.0. The van der Waals surface area contributed by atoms with E-state index in [0.29, 0.717) is 23.9 Å². The van der Waals surface area contributed by atoms with E-state index < -0.39 is 20.0 Å². The fourth-order valence-electron chi connectivity index (χ4n) is 6.68. The highest BCUT2D eigenvalue weighted by Crippen LogP contribution is 2.38.